The van der Waals surface area contributed by atoms with Crippen molar-refractivity contribution in [3.63, 3.8) is 0 Å². The summed E-state index contributed by atoms with van der Waals surface area (Å²) < 4.78 is 6.16. The first-order valence-electron chi connectivity index (χ1n) is 12.2. The highest BCUT2D eigenvalue weighted by molar-refractivity contribution is 5.77. The third kappa shape index (κ3) is 6.20. The van der Waals surface area contributed by atoms with E-state index in [0.717, 1.165) is 61.5 Å². The maximum Gasteiger partial charge on any atom is 0.237 e. The SMILES string of the molecule is C=C(C)Nc1cccc(-c2cnc3c(c2)NCC(CNCCc2ccc(C#N)cc2)O3)c1CCC. The van der Waals surface area contributed by atoms with E-state index in [0.29, 0.717) is 11.4 Å². The summed E-state index contributed by atoms with van der Waals surface area (Å²) in [4.78, 5) is 4.65. The monoisotopic (exact) mass is 467 g/mol. The van der Waals surface area contributed by atoms with E-state index in [4.69, 9.17) is 10.00 Å². The molecule has 0 radical (unpaired) electrons. The first kappa shape index (κ1) is 24.3. The molecule has 0 aliphatic carbocycles. The third-order valence-corrected chi connectivity index (χ3v) is 6.03. The summed E-state index contributed by atoms with van der Waals surface area (Å²) in [5.41, 5.74) is 8.40. The van der Waals surface area contributed by atoms with Crippen molar-refractivity contribution in [3.8, 4) is 23.1 Å². The summed E-state index contributed by atoms with van der Waals surface area (Å²) in [6.07, 6.45) is 4.86. The van der Waals surface area contributed by atoms with Crippen LogP contribution in [0, 0.1) is 11.3 Å². The van der Waals surface area contributed by atoms with Gasteiger partial charge in [-0.1, -0.05) is 44.2 Å². The van der Waals surface area contributed by atoms with Gasteiger partial charge in [0.25, 0.3) is 0 Å². The number of nitrogens with zero attached hydrogens (tertiary/aromatic N) is 2. The molecule has 3 aromatic rings. The predicted octanol–water partition coefficient (Wildman–Crippen LogP) is 5.52. The van der Waals surface area contributed by atoms with Crippen molar-refractivity contribution in [3.05, 3.63) is 83.7 Å². The smallest absolute Gasteiger partial charge is 0.237 e. The van der Waals surface area contributed by atoms with Crippen molar-refractivity contribution >= 4 is 11.4 Å². The Morgan fingerprint density at radius 2 is 2.06 bits per heavy atom. The molecule has 0 bridgehead atoms. The lowest BCUT2D eigenvalue weighted by Gasteiger charge is -2.27. The minimum Gasteiger partial charge on any atom is -0.470 e. The molecule has 2 heterocycles. The highest BCUT2D eigenvalue weighted by Gasteiger charge is 2.21. The number of nitriles is 1. The van der Waals surface area contributed by atoms with Crippen LogP contribution < -0.4 is 20.7 Å². The zero-order chi connectivity index (χ0) is 24.6. The molecule has 1 unspecified atom stereocenters. The van der Waals surface area contributed by atoms with Crippen LogP contribution in [-0.2, 0) is 12.8 Å². The number of fused-ring (bicyclic) bond motifs is 1. The number of benzene rings is 2. The number of allylic oxidation sites excluding steroid dienone is 1. The fourth-order valence-electron chi connectivity index (χ4n) is 4.32. The lowest BCUT2D eigenvalue weighted by atomic mass is 9.95. The van der Waals surface area contributed by atoms with Gasteiger partial charge in [-0.3, -0.25) is 0 Å². The van der Waals surface area contributed by atoms with Crippen molar-refractivity contribution in [2.24, 2.45) is 0 Å². The fourth-order valence-corrected chi connectivity index (χ4v) is 4.32. The number of anilines is 2. The Morgan fingerprint density at radius 1 is 1.23 bits per heavy atom. The van der Waals surface area contributed by atoms with Crippen LogP contribution in [0.1, 0.15) is 37.0 Å². The second-order valence-corrected chi connectivity index (χ2v) is 8.95. The Bertz CT molecular complexity index is 1210. The number of hydrogen-bond acceptors (Lipinski definition) is 6. The Labute approximate surface area is 208 Å². The zero-order valence-electron chi connectivity index (χ0n) is 20.5. The molecule has 4 rings (SSSR count). The number of aromatic nitrogens is 1. The maximum absolute atomic E-state index is 8.91. The molecule has 0 spiro atoms. The first-order chi connectivity index (χ1) is 17.1. The van der Waals surface area contributed by atoms with Gasteiger partial charge in [-0.15, -0.1) is 0 Å². The van der Waals surface area contributed by atoms with Crippen LogP contribution in [0.2, 0.25) is 0 Å². The quantitative estimate of drug-likeness (QED) is 0.341. The van der Waals surface area contributed by atoms with E-state index in [-0.39, 0.29) is 6.10 Å². The van der Waals surface area contributed by atoms with Gasteiger partial charge in [0.15, 0.2) is 0 Å². The van der Waals surface area contributed by atoms with Gasteiger partial charge >= 0.3 is 0 Å². The average Bonchev–Trinajstić information content (AvgIpc) is 2.87. The molecule has 0 saturated heterocycles. The highest BCUT2D eigenvalue weighted by Crippen LogP contribution is 2.35. The van der Waals surface area contributed by atoms with E-state index in [9.17, 15) is 0 Å². The Balaban J connectivity index is 1.38. The number of ether oxygens (including phenoxy) is 1. The van der Waals surface area contributed by atoms with Crippen molar-refractivity contribution in [1.29, 1.82) is 5.26 Å². The second kappa shape index (κ2) is 11.5. The minimum atomic E-state index is 0.0144. The molecule has 6 heteroatoms. The summed E-state index contributed by atoms with van der Waals surface area (Å²) in [5, 5.41) is 19.3. The maximum atomic E-state index is 8.91. The average molecular weight is 468 g/mol. The summed E-state index contributed by atoms with van der Waals surface area (Å²) >= 11 is 0. The van der Waals surface area contributed by atoms with Crippen molar-refractivity contribution < 1.29 is 4.74 Å². The number of rotatable bonds is 10. The van der Waals surface area contributed by atoms with Crippen LogP contribution in [-0.4, -0.2) is 30.7 Å². The van der Waals surface area contributed by atoms with Crippen molar-refractivity contribution in [1.82, 2.24) is 10.3 Å². The minimum absolute atomic E-state index is 0.0144. The molecule has 35 heavy (non-hydrogen) atoms. The van der Waals surface area contributed by atoms with Gasteiger partial charge in [0.2, 0.25) is 5.88 Å². The Kier molecular flexibility index (Phi) is 8.02. The van der Waals surface area contributed by atoms with Gasteiger partial charge in [0, 0.05) is 29.7 Å². The molecule has 6 nitrogen and oxygen atoms in total. The molecular formula is C29H33N5O. The second-order valence-electron chi connectivity index (χ2n) is 8.95. The Morgan fingerprint density at radius 3 is 2.80 bits per heavy atom. The molecule has 3 N–H and O–H groups in total. The van der Waals surface area contributed by atoms with Gasteiger partial charge in [0.1, 0.15) is 6.10 Å². The summed E-state index contributed by atoms with van der Waals surface area (Å²) in [5.74, 6) is 0.646. The molecule has 1 aromatic heterocycles. The molecule has 0 amide bonds. The molecule has 1 aliphatic heterocycles. The largest absolute Gasteiger partial charge is 0.470 e. The van der Waals surface area contributed by atoms with E-state index in [1.165, 1.54) is 16.7 Å². The Hall–Kier alpha value is -3.82. The number of hydrogen-bond donors (Lipinski definition) is 3. The first-order valence-corrected chi connectivity index (χ1v) is 12.2. The van der Waals surface area contributed by atoms with E-state index in [1.807, 2.05) is 37.4 Å². The molecule has 1 aliphatic rings. The molecule has 0 saturated carbocycles. The van der Waals surface area contributed by atoms with Crippen molar-refractivity contribution in [2.75, 3.05) is 30.3 Å². The summed E-state index contributed by atoms with van der Waals surface area (Å²) in [7, 11) is 0. The fraction of sp³-hybridized carbons (Fsp3) is 0.310. The normalized spacial score (nSPS) is 14.3. The third-order valence-electron chi connectivity index (χ3n) is 6.03. The van der Waals surface area contributed by atoms with Crippen molar-refractivity contribution in [2.45, 2.75) is 39.2 Å². The van der Waals surface area contributed by atoms with Crippen LogP contribution >= 0.6 is 0 Å². The van der Waals surface area contributed by atoms with E-state index >= 15 is 0 Å². The van der Waals surface area contributed by atoms with Gasteiger partial charge in [-0.2, -0.15) is 5.26 Å². The summed E-state index contributed by atoms with van der Waals surface area (Å²) in [6, 6.07) is 18.4. The van der Waals surface area contributed by atoms with Gasteiger partial charge in [0.05, 0.1) is 23.9 Å². The highest BCUT2D eigenvalue weighted by atomic mass is 16.5. The molecule has 2 aromatic carbocycles. The van der Waals surface area contributed by atoms with Crippen LogP contribution in [0.5, 0.6) is 5.88 Å². The van der Waals surface area contributed by atoms with Crippen LogP contribution in [0.15, 0.2) is 67.0 Å². The predicted molar refractivity (Wildman–Crippen MR) is 143 cm³/mol. The molecule has 0 fully saturated rings. The van der Waals surface area contributed by atoms with E-state index in [1.54, 1.807) is 0 Å². The number of nitrogens with one attached hydrogen (secondary N) is 3. The van der Waals surface area contributed by atoms with Crippen LogP contribution in [0.4, 0.5) is 11.4 Å². The molecular weight excluding hydrogens is 434 g/mol. The van der Waals surface area contributed by atoms with Crippen LogP contribution in [0.25, 0.3) is 11.1 Å². The van der Waals surface area contributed by atoms with Gasteiger partial charge in [-0.25, -0.2) is 4.98 Å². The van der Waals surface area contributed by atoms with Gasteiger partial charge < -0.3 is 20.7 Å². The molecule has 1 atom stereocenters. The lowest BCUT2D eigenvalue weighted by Crippen LogP contribution is -2.40. The summed E-state index contributed by atoms with van der Waals surface area (Å²) in [6.45, 7) is 10.5. The lowest BCUT2D eigenvalue weighted by molar-refractivity contribution is 0.194. The standard InChI is InChI=1S/C29H33N5O/c1-4-6-26-25(7-5-8-27(26)34-20(2)3)23-15-28-29(33-17-23)35-24(19-32-28)18-31-14-13-21-9-11-22(16-30)12-10-21/h5,7-12,15,17,24,31-32,34H,2,4,6,13-14,18-19H2,1,3H3. The number of pyridine rings is 1. The van der Waals surface area contributed by atoms with Gasteiger partial charge in [-0.05, 0) is 67.3 Å². The molecule has 180 valence electrons. The topological polar surface area (TPSA) is 82.0 Å². The van der Waals surface area contributed by atoms with E-state index < -0.39 is 0 Å². The zero-order valence-corrected chi connectivity index (χ0v) is 20.5. The van der Waals surface area contributed by atoms with Crippen LogP contribution in [0.3, 0.4) is 0 Å². The van der Waals surface area contributed by atoms with E-state index in [2.05, 4.69) is 64.8 Å².